The van der Waals surface area contributed by atoms with E-state index in [9.17, 15) is 0 Å². The molecule has 1 aliphatic heterocycles. The molecule has 1 aromatic carbocycles. The third kappa shape index (κ3) is 2.03. The third-order valence-electron chi connectivity index (χ3n) is 3.58. The Kier molecular flexibility index (Phi) is 3.07. The first-order chi connectivity index (χ1) is 9.31. The van der Waals surface area contributed by atoms with Gasteiger partial charge in [0, 0.05) is 23.7 Å². The topological polar surface area (TPSA) is 54.5 Å². The molecule has 0 aliphatic carbocycles. The highest BCUT2D eigenvalue weighted by atomic mass is 15.3. The number of nitrogens with two attached hydrogens (primary N) is 1. The number of benzene rings is 1. The zero-order chi connectivity index (χ0) is 13.2. The predicted octanol–water partition coefficient (Wildman–Crippen LogP) is 2.32. The number of para-hydroxylation sites is 1. The zero-order valence-electron chi connectivity index (χ0n) is 11.1. The van der Waals surface area contributed by atoms with Gasteiger partial charge in [0.25, 0.3) is 0 Å². The smallest absolute Gasteiger partial charge is 0.191 e. The van der Waals surface area contributed by atoms with Crippen LogP contribution in [-0.2, 0) is 0 Å². The maximum atomic E-state index is 5.99. The van der Waals surface area contributed by atoms with Crippen LogP contribution >= 0.6 is 0 Å². The summed E-state index contributed by atoms with van der Waals surface area (Å²) in [6.07, 6.45) is 2.90. The molecule has 98 valence electrons. The molecule has 0 fully saturated rings. The highest BCUT2D eigenvalue weighted by molar-refractivity contribution is 5.85. The second kappa shape index (κ2) is 4.88. The summed E-state index contributed by atoms with van der Waals surface area (Å²) in [6.45, 7) is 3.81. The van der Waals surface area contributed by atoms with Gasteiger partial charge in [0.15, 0.2) is 5.96 Å². The van der Waals surface area contributed by atoms with Crippen LogP contribution in [0.2, 0.25) is 0 Å². The molecule has 0 radical (unpaired) electrons. The average molecular weight is 254 g/mol. The molecule has 3 rings (SSSR count). The second-order valence-corrected chi connectivity index (χ2v) is 4.83. The molecule has 1 aliphatic rings. The van der Waals surface area contributed by atoms with Gasteiger partial charge in [-0.2, -0.15) is 0 Å². The van der Waals surface area contributed by atoms with Crippen molar-refractivity contribution in [2.24, 2.45) is 10.7 Å². The largest absolute Gasteiger partial charge is 0.370 e. The summed E-state index contributed by atoms with van der Waals surface area (Å²) >= 11 is 0. The maximum Gasteiger partial charge on any atom is 0.191 e. The lowest BCUT2D eigenvalue weighted by Gasteiger charge is -2.26. The van der Waals surface area contributed by atoms with Crippen molar-refractivity contribution in [2.45, 2.75) is 19.4 Å². The fourth-order valence-electron chi connectivity index (χ4n) is 2.70. The summed E-state index contributed by atoms with van der Waals surface area (Å²) in [5, 5.41) is 1.17. The van der Waals surface area contributed by atoms with Crippen molar-refractivity contribution >= 4 is 16.9 Å². The van der Waals surface area contributed by atoms with E-state index in [1.807, 2.05) is 12.3 Å². The van der Waals surface area contributed by atoms with Gasteiger partial charge < -0.3 is 10.6 Å². The van der Waals surface area contributed by atoms with Crippen molar-refractivity contribution < 1.29 is 0 Å². The Balaban J connectivity index is 2.05. The molecule has 4 heteroatoms. The maximum absolute atomic E-state index is 5.99. The molecule has 4 nitrogen and oxygen atoms in total. The van der Waals surface area contributed by atoms with Crippen LogP contribution < -0.4 is 5.73 Å². The SMILES string of the molecule is CCCN1C(N)=NCC1c1cccc2cccnc12. The molecule has 0 saturated carbocycles. The Hall–Kier alpha value is -2.10. The quantitative estimate of drug-likeness (QED) is 0.914. The molecule has 0 spiro atoms. The third-order valence-corrected chi connectivity index (χ3v) is 3.58. The minimum absolute atomic E-state index is 0.221. The molecule has 0 amide bonds. The molecule has 2 heterocycles. The van der Waals surface area contributed by atoms with Crippen LogP contribution in [0.3, 0.4) is 0 Å². The number of aromatic nitrogens is 1. The van der Waals surface area contributed by atoms with Gasteiger partial charge in [0.1, 0.15) is 0 Å². The molecule has 1 aromatic heterocycles. The molecule has 19 heavy (non-hydrogen) atoms. The van der Waals surface area contributed by atoms with Crippen LogP contribution in [0.5, 0.6) is 0 Å². The van der Waals surface area contributed by atoms with Gasteiger partial charge in [0.2, 0.25) is 0 Å². The summed E-state index contributed by atoms with van der Waals surface area (Å²) in [7, 11) is 0. The van der Waals surface area contributed by atoms with Crippen LogP contribution in [0.1, 0.15) is 24.9 Å². The summed E-state index contributed by atoms with van der Waals surface area (Å²) in [5.74, 6) is 0.653. The van der Waals surface area contributed by atoms with E-state index < -0.39 is 0 Å². The summed E-state index contributed by atoms with van der Waals surface area (Å²) in [4.78, 5) is 11.1. The normalized spacial score (nSPS) is 18.9. The first-order valence-electron chi connectivity index (χ1n) is 6.71. The Morgan fingerprint density at radius 2 is 2.16 bits per heavy atom. The van der Waals surface area contributed by atoms with E-state index in [1.165, 1.54) is 10.9 Å². The Morgan fingerprint density at radius 1 is 1.32 bits per heavy atom. The summed E-state index contributed by atoms with van der Waals surface area (Å²) in [5.41, 5.74) is 8.27. The number of fused-ring (bicyclic) bond motifs is 1. The van der Waals surface area contributed by atoms with Crippen LogP contribution in [0, 0.1) is 0 Å². The number of guanidine groups is 1. The molecule has 1 unspecified atom stereocenters. The Bertz CT molecular complexity index is 615. The van der Waals surface area contributed by atoms with Gasteiger partial charge >= 0.3 is 0 Å². The monoisotopic (exact) mass is 254 g/mol. The molecular weight excluding hydrogens is 236 g/mol. The van der Waals surface area contributed by atoms with Gasteiger partial charge in [-0.05, 0) is 12.5 Å². The summed E-state index contributed by atoms with van der Waals surface area (Å²) < 4.78 is 0. The van der Waals surface area contributed by atoms with E-state index in [0.29, 0.717) is 5.96 Å². The zero-order valence-corrected chi connectivity index (χ0v) is 11.1. The van der Waals surface area contributed by atoms with Gasteiger partial charge in [-0.1, -0.05) is 31.2 Å². The van der Waals surface area contributed by atoms with Crippen molar-refractivity contribution in [3.63, 3.8) is 0 Å². The van der Waals surface area contributed by atoms with E-state index in [-0.39, 0.29) is 6.04 Å². The fraction of sp³-hybridized carbons (Fsp3) is 0.333. The van der Waals surface area contributed by atoms with E-state index >= 15 is 0 Å². The Labute approximate surface area is 113 Å². The lowest BCUT2D eigenvalue weighted by atomic mass is 10.0. The van der Waals surface area contributed by atoms with Crippen LogP contribution in [-0.4, -0.2) is 28.9 Å². The molecule has 1 atom stereocenters. The molecule has 0 saturated heterocycles. The van der Waals surface area contributed by atoms with E-state index in [4.69, 9.17) is 5.73 Å². The average Bonchev–Trinajstić information content (AvgIpc) is 2.80. The molecule has 2 N–H and O–H groups in total. The highest BCUT2D eigenvalue weighted by Crippen LogP contribution is 2.30. The van der Waals surface area contributed by atoms with Crippen LogP contribution in [0.15, 0.2) is 41.5 Å². The van der Waals surface area contributed by atoms with Crippen LogP contribution in [0.25, 0.3) is 10.9 Å². The molecular formula is C15H18N4. The van der Waals surface area contributed by atoms with Gasteiger partial charge in [-0.15, -0.1) is 0 Å². The first-order valence-corrected chi connectivity index (χ1v) is 6.71. The highest BCUT2D eigenvalue weighted by Gasteiger charge is 2.28. The second-order valence-electron chi connectivity index (χ2n) is 4.83. The number of nitrogens with zero attached hydrogens (tertiary/aromatic N) is 3. The standard InChI is InChI=1S/C15H18N4/c1-2-9-19-13(10-18-15(19)16)12-7-3-5-11-6-4-8-17-14(11)12/h3-8,13H,2,9-10H2,1H3,(H2,16,18). The van der Waals surface area contributed by atoms with Gasteiger partial charge in [-0.3, -0.25) is 9.98 Å². The van der Waals surface area contributed by atoms with E-state index in [0.717, 1.165) is 25.0 Å². The molecule has 2 aromatic rings. The first kappa shape index (κ1) is 12.0. The molecule has 0 bridgehead atoms. The van der Waals surface area contributed by atoms with Crippen molar-refractivity contribution in [2.75, 3.05) is 13.1 Å². The van der Waals surface area contributed by atoms with Crippen molar-refractivity contribution in [1.29, 1.82) is 0 Å². The lowest BCUT2D eigenvalue weighted by Crippen LogP contribution is -2.36. The van der Waals surface area contributed by atoms with Gasteiger partial charge in [-0.25, -0.2) is 0 Å². The van der Waals surface area contributed by atoms with Crippen molar-refractivity contribution in [3.05, 3.63) is 42.1 Å². The number of aliphatic imine (C=N–C) groups is 1. The van der Waals surface area contributed by atoms with Crippen molar-refractivity contribution in [1.82, 2.24) is 9.88 Å². The Morgan fingerprint density at radius 3 is 3.00 bits per heavy atom. The van der Waals surface area contributed by atoms with E-state index in [2.05, 4.69) is 46.1 Å². The number of rotatable bonds is 3. The van der Waals surface area contributed by atoms with Crippen LogP contribution in [0.4, 0.5) is 0 Å². The summed E-state index contributed by atoms with van der Waals surface area (Å²) in [6, 6.07) is 10.6. The minimum Gasteiger partial charge on any atom is -0.370 e. The van der Waals surface area contributed by atoms with Crippen molar-refractivity contribution in [3.8, 4) is 0 Å². The number of hydrogen-bond acceptors (Lipinski definition) is 4. The fourth-order valence-corrected chi connectivity index (χ4v) is 2.70. The number of hydrogen-bond donors (Lipinski definition) is 1. The lowest BCUT2D eigenvalue weighted by molar-refractivity contribution is 0.349. The van der Waals surface area contributed by atoms with Gasteiger partial charge in [0.05, 0.1) is 18.1 Å². The van der Waals surface area contributed by atoms with E-state index in [1.54, 1.807) is 0 Å². The predicted molar refractivity (Wildman–Crippen MR) is 78.0 cm³/mol. The minimum atomic E-state index is 0.221. The number of pyridine rings is 1.